The van der Waals surface area contributed by atoms with Gasteiger partial charge in [-0.3, -0.25) is 0 Å². The Balaban J connectivity index is 1.76. The third kappa shape index (κ3) is 2.10. The van der Waals surface area contributed by atoms with Crippen molar-refractivity contribution in [1.29, 1.82) is 0 Å². The van der Waals surface area contributed by atoms with Gasteiger partial charge in [0.1, 0.15) is 0 Å². The quantitative estimate of drug-likeness (QED) is 0.780. The van der Waals surface area contributed by atoms with E-state index in [-0.39, 0.29) is 0 Å². The second-order valence-electron chi connectivity index (χ2n) is 5.36. The second kappa shape index (κ2) is 4.76. The molecule has 0 unspecified atom stereocenters. The van der Waals surface area contributed by atoms with Crippen LogP contribution in [0.4, 0.5) is 0 Å². The maximum Gasteiger partial charge on any atom is 0.171 e. The average molecular weight is 264 g/mol. The van der Waals surface area contributed by atoms with Crippen LogP contribution in [0.3, 0.4) is 0 Å². The van der Waals surface area contributed by atoms with Gasteiger partial charge in [-0.25, -0.2) is 0 Å². The van der Waals surface area contributed by atoms with Crippen molar-refractivity contribution in [3.8, 4) is 11.3 Å². The molecule has 0 aliphatic heterocycles. The SMILES string of the molecule is c1ccc2c(-c3oncc3CNC3CC3)cccc2c1. The fourth-order valence-corrected chi connectivity index (χ4v) is 2.57. The Hall–Kier alpha value is -2.13. The highest BCUT2D eigenvalue weighted by Crippen LogP contribution is 2.31. The number of benzene rings is 2. The molecule has 3 heteroatoms. The van der Waals surface area contributed by atoms with Crippen molar-refractivity contribution < 1.29 is 4.52 Å². The molecule has 1 saturated carbocycles. The summed E-state index contributed by atoms with van der Waals surface area (Å²) in [5.74, 6) is 0.884. The van der Waals surface area contributed by atoms with Gasteiger partial charge in [0.05, 0.1) is 6.20 Å². The number of nitrogens with zero attached hydrogens (tertiary/aromatic N) is 1. The molecule has 0 bridgehead atoms. The summed E-state index contributed by atoms with van der Waals surface area (Å²) in [7, 11) is 0. The van der Waals surface area contributed by atoms with Crippen molar-refractivity contribution in [2.75, 3.05) is 0 Å². The van der Waals surface area contributed by atoms with Gasteiger partial charge in [0.2, 0.25) is 0 Å². The van der Waals surface area contributed by atoms with Crippen LogP contribution in [0.1, 0.15) is 18.4 Å². The van der Waals surface area contributed by atoms with Crippen LogP contribution in [0.15, 0.2) is 53.2 Å². The highest BCUT2D eigenvalue weighted by molar-refractivity contribution is 5.95. The minimum Gasteiger partial charge on any atom is -0.356 e. The van der Waals surface area contributed by atoms with Crippen LogP contribution < -0.4 is 5.32 Å². The minimum absolute atomic E-state index is 0.685. The lowest BCUT2D eigenvalue weighted by atomic mass is 10.0. The summed E-state index contributed by atoms with van der Waals surface area (Å²) in [5.41, 5.74) is 2.25. The van der Waals surface area contributed by atoms with Gasteiger partial charge in [0, 0.05) is 23.7 Å². The summed E-state index contributed by atoms with van der Waals surface area (Å²) in [6, 6.07) is 15.3. The van der Waals surface area contributed by atoms with Crippen molar-refractivity contribution in [1.82, 2.24) is 10.5 Å². The molecule has 0 saturated heterocycles. The molecule has 2 aromatic carbocycles. The van der Waals surface area contributed by atoms with E-state index in [9.17, 15) is 0 Å². The predicted octanol–water partition coefficient (Wildman–Crippen LogP) is 3.75. The Morgan fingerprint density at radius 2 is 1.95 bits per heavy atom. The average Bonchev–Trinajstić information content (AvgIpc) is 3.21. The zero-order valence-corrected chi connectivity index (χ0v) is 11.2. The van der Waals surface area contributed by atoms with Crippen LogP contribution in [0.2, 0.25) is 0 Å². The van der Waals surface area contributed by atoms with Crippen molar-refractivity contribution in [3.63, 3.8) is 0 Å². The standard InChI is InChI=1S/C17H16N2O/c1-2-6-15-12(4-1)5-3-7-16(15)17-13(11-19-20-17)10-18-14-8-9-14/h1-7,11,14,18H,8-10H2. The summed E-state index contributed by atoms with van der Waals surface area (Å²) in [6.07, 6.45) is 4.40. The van der Waals surface area contributed by atoms with Crippen LogP contribution >= 0.6 is 0 Å². The van der Waals surface area contributed by atoms with Gasteiger partial charge in [-0.05, 0) is 23.6 Å². The molecule has 4 rings (SSSR count). The van der Waals surface area contributed by atoms with Gasteiger partial charge in [-0.2, -0.15) is 0 Å². The van der Waals surface area contributed by atoms with E-state index >= 15 is 0 Å². The van der Waals surface area contributed by atoms with Crippen molar-refractivity contribution in [2.45, 2.75) is 25.4 Å². The van der Waals surface area contributed by atoms with E-state index in [1.807, 2.05) is 6.20 Å². The predicted molar refractivity (Wildman–Crippen MR) is 79.3 cm³/mol. The molecule has 20 heavy (non-hydrogen) atoms. The molecule has 0 radical (unpaired) electrons. The molecule has 1 aliphatic carbocycles. The number of rotatable bonds is 4. The smallest absolute Gasteiger partial charge is 0.171 e. The van der Waals surface area contributed by atoms with Crippen molar-refractivity contribution in [2.24, 2.45) is 0 Å². The third-order valence-electron chi connectivity index (χ3n) is 3.84. The van der Waals surface area contributed by atoms with Crippen LogP contribution in [0, 0.1) is 0 Å². The van der Waals surface area contributed by atoms with Gasteiger partial charge in [0.25, 0.3) is 0 Å². The normalized spacial score (nSPS) is 14.8. The van der Waals surface area contributed by atoms with E-state index in [2.05, 4.69) is 52.9 Å². The Kier molecular flexibility index (Phi) is 2.78. The maximum atomic E-state index is 5.52. The van der Waals surface area contributed by atoms with Crippen molar-refractivity contribution >= 4 is 10.8 Å². The molecular formula is C17H16N2O. The molecule has 1 N–H and O–H groups in total. The summed E-state index contributed by atoms with van der Waals surface area (Å²) in [5, 5.41) is 9.94. The van der Waals surface area contributed by atoms with Crippen LogP contribution in [-0.4, -0.2) is 11.2 Å². The lowest BCUT2D eigenvalue weighted by molar-refractivity contribution is 0.431. The first-order valence-corrected chi connectivity index (χ1v) is 7.07. The summed E-state index contributed by atoms with van der Waals surface area (Å²) >= 11 is 0. The zero-order valence-electron chi connectivity index (χ0n) is 11.2. The minimum atomic E-state index is 0.685. The molecule has 1 heterocycles. The molecule has 3 nitrogen and oxygen atoms in total. The molecule has 1 aromatic heterocycles. The molecule has 3 aromatic rings. The van der Waals surface area contributed by atoms with Gasteiger partial charge in [-0.15, -0.1) is 0 Å². The lowest BCUT2D eigenvalue weighted by Gasteiger charge is -2.06. The Morgan fingerprint density at radius 3 is 2.85 bits per heavy atom. The van der Waals surface area contributed by atoms with E-state index in [1.54, 1.807) is 0 Å². The van der Waals surface area contributed by atoms with Crippen molar-refractivity contribution in [3.05, 3.63) is 54.2 Å². The van der Waals surface area contributed by atoms with Crippen LogP contribution in [0.25, 0.3) is 22.1 Å². The fraction of sp³-hybridized carbons (Fsp3) is 0.235. The van der Waals surface area contributed by atoms with Gasteiger partial charge < -0.3 is 9.84 Å². The Morgan fingerprint density at radius 1 is 1.10 bits per heavy atom. The van der Waals surface area contributed by atoms with E-state index in [0.717, 1.165) is 23.4 Å². The lowest BCUT2D eigenvalue weighted by Crippen LogP contribution is -2.15. The zero-order chi connectivity index (χ0) is 13.4. The molecule has 0 spiro atoms. The number of aromatic nitrogens is 1. The Bertz CT molecular complexity index is 738. The summed E-state index contributed by atoms with van der Waals surface area (Å²) < 4.78 is 5.52. The Labute approximate surface area is 117 Å². The van der Waals surface area contributed by atoms with Gasteiger partial charge >= 0.3 is 0 Å². The largest absolute Gasteiger partial charge is 0.356 e. The fourth-order valence-electron chi connectivity index (χ4n) is 2.57. The molecular weight excluding hydrogens is 248 g/mol. The molecule has 1 fully saturated rings. The van der Waals surface area contributed by atoms with E-state index in [1.165, 1.54) is 23.6 Å². The number of nitrogens with one attached hydrogen (secondary N) is 1. The highest BCUT2D eigenvalue weighted by Gasteiger charge is 2.21. The first-order valence-electron chi connectivity index (χ1n) is 7.07. The number of hydrogen-bond donors (Lipinski definition) is 1. The summed E-state index contributed by atoms with van der Waals surface area (Å²) in [6.45, 7) is 0.826. The van der Waals surface area contributed by atoms with E-state index in [4.69, 9.17) is 4.52 Å². The highest BCUT2D eigenvalue weighted by atomic mass is 16.5. The maximum absolute atomic E-state index is 5.52. The van der Waals surface area contributed by atoms with Gasteiger partial charge in [-0.1, -0.05) is 47.6 Å². The van der Waals surface area contributed by atoms with Gasteiger partial charge in [0.15, 0.2) is 5.76 Å². The topological polar surface area (TPSA) is 38.1 Å². The second-order valence-corrected chi connectivity index (χ2v) is 5.36. The first kappa shape index (κ1) is 11.7. The number of hydrogen-bond acceptors (Lipinski definition) is 3. The number of fused-ring (bicyclic) bond motifs is 1. The molecule has 1 aliphatic rings. The molecule has 0 amide bonds. The van der Waals surface area contributed by atoms with Crippen LogP contribution in [-0.2, 0) is 6.54 Å². The third-order valence-corrected chi connectivity index (χ3v) is 3.84. The molecule has 0 atom stereocenters. The molecule has 100 valence electrons. The van der Waals surface area contributed by atoms with E-state index in [0.29, 0.717) is 6.04 Å². The van der Waals surface area contributed by atoms with E-state index < -0.39 is 0 Å². The summed E-state index contributed by atoms with van der Waals surface area (Å²) in [4.78, 5) is 0. The first-order chi connectivity index (χ1) is 9.92. The van der Waals surface area contributed by atoms with Crippen LogP contribution in [0.5, 0.6) is 0 Å². The monoisotopic (exact) mass is 264 g/mol.